The third-order valence-corrected chi connectivity index (χ3v) is 7.42. The zero-order valence-electron chi connectivity index (χ0n) is 22.4. The number of carbonyl (C=O) groups excluding carboxylic acids is 1. The van der Waals surface area contributed by atoms with Crippen molar-refractivity contribution < 1.29 is 19.8 Å². The maximum Gasteiger partial charge on any atom is 0.326 e. The smallest absolute Gasteiger partial charge is 0.326 e. The minimum Gasteiger partial charge on any atom is -0.507 e. The maximum absolute atomic E-state index is 12.9. The maximum atomic E-state index is 12.9. The number of phenols is 1. The van der Waals surface area contributed by atoms with Crippen LogP contribution in [0.2, 0.25) is 0 Å². The van der Waals surface area contributed by atoms with Crippen molar-refractivity contribution in [2.24, 2.45) is 5.92 Å². The molecule has 7 heteroatoms. The van der Waals surface area contributed by atoms with Gasteiger partial charge in [-0.25, -0.2) is 9.78 Å². The Morgan fingerprint density at radius 2 is 1.77 bits per heavy atom. The van der Waals surface area contributed by atoms with Crippen molar-refractivity contribution in [3.05, 3.63) is 83.4 Å². The quantitative estimate of drug-likeness (QED) is 0.193. The Hall–Kier alpha value is -4.65. The number of carbonyl (C=O) groups is 2. The Morgan fingerprint density at radius 3 is 2.49 bits per heavy atom. The van der Waals surface area contributed by atoms with Gasteiger partial charge >= 0.3 is 5.97 Å². The van der Waals surface area contributed by atoms with Crippen LogP contribution in [0.25, 0.3) is 44.3 Å². The van der Waals surface area contributed by atoms with Crippen molar-refractivity contribution in [3.8, 4) is 28.3 Å². The Balaban J connectivity index is 1.55. The number of amides is 1. The van der Waals surface area contributed by atoms with Crippen LogP contribution >= 0.6 is 0 Å². The van der Waals surface area contributed by atoms with Crippen LogP contribution in [-0.4, -0.2) is 38.1 Å². The van der Waals surface area contributed by atoms with Gasteiger partial charge in [0.05, 0.1) is 10.9 Å². The molecule has 0 aliphatic rings. The second-order valence-corrected chi connectivity index (χ2v) is 10.2. The number of H-pyrrole nitrogens is 1. The zero-order chi connectivity index (χ0) is 27.8. The predicted molar refractivity (Wildman–Crippen MR) is 154 cm³/mol. The summed E-state index contributed by atoms with van der Waals surface area (Å²) in [6.45, 7) is 7.76. The van der Waals surface area contributed by atoms with Crippen LogP contribution in [-0.2, 0) is 4.79 Å². The molecule has 4 N–H and O–H groups in total. The minimum atomic E-state index is -1.09. The molecule has 0 radical (unpaired) electrons. The van der Waals surface area contributed by atoms with E-state index >= 15 is 0 Å². The van der Waals surface area contributed by atoms with E-state index in [4.69, 9.17) is 4.98 Å². The first-order valence-electron chi connectivity index (χ1n) is 13.0. The Bertz CT molecular complexity index is 1740. The molecule has 0 aliphatic carbocycles. The number of carboxylic acids is 1. The second-order valence-electron chi connectivity index (χ2n) is 10.2. The molecule has 5 rings (SSSR count). The molecule has 5 aromatic rings. The number of imidazole rings is 1. The molecule has 39 heavy (non-hydrogen) atoms. The van der Waals surface area contributed by atoms with E-state index in [0.717, 1.165) is 27.8 Å². The van der Waals surface area contributed by atoms with Gasteiger partial charge in [0.1, 0.15) is 23.1 Å². The van der Waals surface area contributed by atoms with Crippen molar-refractivity contribution in [1.82, 2.24) is 15.3 Å². The molecule has 7 nitrogen and oxygen atoms in total. The molecule has 0 aliphatic heterocycles. The Labute approximate surface area is 226 Å². The van der Waals surface area contributed by atoms with E-state index < -0.39 is 17.9 Å². The summed E-state index contributed by atoms with van der Waals surface area (Å²) in [7, 11) is 0. The average molecular weight is 522 g/mol. The SMILES string of the molecule is CCC(C)C(NC(=O)c1cc(O)c2c(ccc3[nH]c(-c4cc(-c5cccc(C)c5)ccc4C)nc32)c1)C(=O)O. The number of aromatic hydroxyl groups is 1. The lowest BCUT2D eigenvalue weighted by molar-refractivity contribution is -0.140. The summed E-state index contributed by atoms with van der Waals surface area (Å²) in [6.07, 6.45) is 0.604. The van der Waals surface area contributed by atoms with E-state index in [1.807, 2.05) is 32.0 Å². The number of hydrogen-bond donors (Lipinski definition) is 4. The lowest BCUT2D eigenvalue weighted by Gasteiger charge is -2.20. The molecule has 0 fully saturated rings. The van der Waals surface area contributed by atoms with Gasteiger partial charge in [-0.1, -0.05) is 68.3 Å². The Morgan fingerprint density at radius 1 is 1.00 bits per heavy atom. The highest BCUT2D eigenvalue weighted by Gasteiger charge is 2.26. The molecule has 0 saturated carbocycles. The standard InChI is InChI=1S/C32H31N3O4/c1-5-18(3)28(32(38)39)35-31(37)23-14-22-11-12-25-29(27(22)26(36)16-23)34-30(33-25)24-15-21(10-9-19(24)4)20-8-6-7-17(2)13-20/h6-16,18,28,36H,5H2,1-4H3,(H,33,34)(H,35,37)(H,38,39). The van der Waals surface area contributed by atoms with Gasteiger partial charge < -0.3 is 20.5 Å². The molecule has 0 saturated heterocycles. The fourth-order valence-electron chi connectivity index (χ4n) is 4.96. The first-order chi connectivity index (χ1) is 18.7. The fourth-order valence-corrected chi connectivity index (χ4v) is 4.96. The minimum absolute atomic E-state index is 0.0954. The van der Waals surface area contributed by atoms with E-state index in [9.17, 15) is 19.8 Å². The van der Waals surface area contributed by atoms with Crippen molar-refractivity contribution in [3.63, 3.8) is 0 Å². The number of nitrogens with one attached hydrogen (secondary N) is 2. The summed E-state index contributed by atoms with van der Waals surface area (Å²) in [5.41, 5.74) is 6.95. The molecular formula is C32H31N3O4. The van der Waals surface area contributed by atoms with Gasteiger partial charge in [0, 0.05) is 11.1 Å². The largest absolute Gasteiger partial charge is 0.507 e. The lowest BCUT2D eigenvalue weighted by atomic mass is 9.98. The molecule has 1 aromatic heterocycles. The van der Waals surface area contributed by atoms with Crippen LogP contribution in [0.1, 0.15) is 41.8 Å². The van der Waals surface area contributed by atoms with Gasteiger partial charge in [-0.05, 0) is 66.1 Å². The molecule has 1 heterocycles. The van der Waals surface area contributed by atoms with Crippen molar-refractivity contribution in [1.29, 1.82) is 0 Å². The van der Waals surface area contributed by atoms with Gasteiger partial charge in [-0.2, -0.15) is 0 Å². The fraction of sp³-hybridized carbons (Fsp3) is 0.219. The number of benzene rings is 4. The van der Waals surface area contributed by atoms with E-state index in [0.29, 0.717) is 28.5 Å². The number of aliphatic carboxylic acids is 1. The van der Waals surface area contributed by atoms with Gasteiger partial charge in [0.2, 0.25) is 0 Å². The molecule has 4 aromatic carbocycles. The van der Waals surface area contributed by atoms with Crippen LogP contribution in [0.3, 0.4) is 0 Å². The molecule has 198 valence electrons. The number of phenolic OH excluding ortho intramolecular Hbond substituents is 1. The lowest BCUT2D eigenvalue weighted by Crippen LogP contribution is -2.45. The number of aryl methyl sites for hydroxylation is 2. The third-order valence-electron chi connectivity index (χ3n) is 7.42. The van der Waals surface area contributed by atoms with Crippen LogP contribution in [0.15, 0.2) is 66.7 Å². The average Bonchev–Trinajstić information content (AvgIpc) is 3.35. The summed E-state index contributed by atoms with van der Waals surface area (Å²) >= 11 is 0. The topological polar surface area (TPSA) is 115 Å². The third kappa shape index (κ3) is 4.95. The monoisotopic (exact) mass is 521 g/mol. The Kier molecular flexibility index (Phi) is 6.83. The van der Waals surface area contributed by atoms with Crippen LogP contribution in [0, 0.1) is 19.8 Å². The van der Waals surface area contributed by atoms with E-state index in [-0.39, 0.29) is 17.2 Å². The van der Waals surface area contributed by atoms with Gasteiger partial charge in [-0.15, -0.1) is 0 Å². The molecule has 0 spiro atoms. The highest BCUT2D eigenvalue weighted by atomic mass is 16.4. The first kappa shape index (κ1) is 26.0. The van der Waals surface area contributed by atoms with Gasteiger partial charge in [0.15, 0.2) is 0 Å². The number of fused-ring (bicyclic) bond motifs is 3. The number of rotatable bonds is 7. The summed E-state index contributed by atoms with van der Waals surface area (Å²) in [5.74, 6) is -1.29. The molecular weight excluding hydrogens is 490 g/mol. The van der Waals surface area contributed by atoms with Gasteiger partial charge in [0.25, 0.3) is 5.91 Å². The first-order valence-corrected chi connectivity index (χ1v) is 13.0. The van der Waals surface area contributed by atoms with Gasteiger partial charge in [-0.3, -0.25) is 4.79 Å². The number of hydrogen-bond acceptors (Lipinski definition) is 4. The highest BCUT2D eigenvalue weighted by molar-refractivity contribution is 6.11. The zero-order valence-corrected chi connectivity index (χ0v) is 22.4. The van der Waals surface area contributed by atoms with Crippen molar-refractivity contribution >= 4 is 33.7 Å². The summed E-state index contributed by atoms with van der Waals surface area (Å²) in [5, 5.41) is 24.3. The number of aromatic amines is 1. The predicted octanol–water partition coefficient (Wildman–Crippen LogP) is 6.60. The number of carboxylic acid groups (broad SMARTS) is 1. The summed E-state index contributed by atoms with van der Waals surface area (Å²) < 4.78 is 0. The van der Waals surface area contributed by atoms with Crippen molar-refractivity contribution in [2.75, 3.05) is 0 Å². The highest BCUT2D eigenvalue weighted by Crippen LogP contribution is 2.35. The normalized spacial score (nSPS) is 12.9. The summed E-state index contributed by atoms with van der Waals surface area (Å²) in [4.78, 5) is 32.9. The summed E-state index contributed by atoms with van der Waals surface area (Å²) in [6, 6.07) is 20.3. The van der Waals surface area contributed by atoms with Crippen LogP contribution in [0.4, 0.5) is 0 Å². The van der Waals surface area contributed by atoms with Crippen LogP contribution < -0.4 is 5.32 Å². The molecule has 0 bridgehead atoms. The van der Waals surface area contributed by atoms with E-state index in [2.05, 4.69) is 53.6 Å². The second kappa shape index (κ2) is 10.3. The molecule has 2 unspecified atom stereocenters. The number of nitrogens with zero attached hydrogens (tertiary/aromatic N) is 1. The van der Waals surface area contributed by atoms with Crippen LogP contribution in [0.5, 0.6) is 5.75 Å². The number of aromatic nitrogens is 2. The van der Waals surface area contributed by atoms with E-state index in [1.54, 1.807) is 13.0 Å². The molecule has 1 amide bonds. The molecule has 2 atom stereocenters. The van der Waals surface area contributed by atoms with Crippen molar-refractivity contribution in [2.45, 2.75) is 40.2 Å². The van der Waals surface area contributed by atoms with E-state index in [1.165, 1.54) is 11.6 Å².